The van der Waals surface area contributed by atoms with Gasteiger partial charge in [-0.25, -0.2) is 4.98 Å². The fourth-order valence-corrected chi connectivity index (χ4v) is 4.95. The van der Waals surface area contributed by atoms with E-state index in [0.717, 1.165) is 3.97 Å². The predicted molar refractivity (Wildman–Crippen MR) is 103 cm³/mol. The second-order valence-corrected chi connectivity index (χ2v) is 9.01. The first kappa shape index (κ1) is 22.8. The molecule has 0 saturated carbocycles. The van der Waals surface area contributed by atoms with Crippen LogP contribution in [0.1, 0.15) is 13.8 Å². The minimum atomic E-state index is -4.25. The molecule has 0 aliphatic heterocycles. The van der Waals surface area contributed by atoms with E-state index < -0.39 is 26.8 Å². The van der Waals surface area contributed by atoms with Crippen molar-refractivity contribution in [2.24, 2.45) is 0 Å². The van der Waals surface area contributed by atoms with Gasteiger partial charge in [0.05, 0.1) is 19.8 Å². The number of aliphatic carboxylic acids is 1. The summed E-state index contributed by atoms with van der Waals surface area (Å²) in [6, 6.07) is 5.69. The molecule has 1 N–H and O–H groups in total. The van der Waals surface area contributed by atoms with Crippen LogP contribution in [0.25, 0.3) is 0 Å². The van der Waals surface area contributed by atoms with E-state index in [-0.39, 0.29) is 21.9 Å². The molecule has 0 aliphatic carbocycles. The average Bonchev–Trinajstić information content (AvgIpc) is 2.71. The number of thioether (sulfide) groups is 1. The number of ether oxygens (including phenoxy) is 3. The first-order chi connectivity index (χ1) is 13.6. The topological polar surface area (TPSA) is 129 Å². The van der Waals surface area contributed by atoms with Gasteiger partial charge in [-0.3, -0.25) is 4.79 Å². The Morgan fingerprint density at radius 1 is 1.24 bits per heavy atom. The van der Waals surface area contributed by atoms with Gasteiger partial charge in [-0.2, -0.15) is 8.42 Å². The van der Waals surface area contributed by atoms with E-state index in [1.54, 1.807) is 19.9 Å². The van der Waals surface area contributed by atoms with Crippen LogP contribution in [0, 0.1) is 0 Å². The maximum absolute atomic E-state index is 13.3. The highest BCUT2D eigenvalue weighted by Gasteiger charge is 2.43. The Morgan fingerprint density at radius 3 is 2.41 bits per heavy atom. The summed E-state index contributed by atoms with van der Waals surface area (Å²) in [5, 5.41) is 8.08. The fourth-order valence-electron chi connectivity index (χ4n) is 2.27. The number of pyridine rings is 1. The van der Waals surface area contributed by atoms with E-state index in [0.29, 0.717) is 11.8 Å². The predicted octanol–water partition coefficient (Wildman–Crippen LogP) is 0.989. The largest absolute Gasteiger partial charge is 0.480 e. The lowest BCUT2D eigenvalue weighted by atomic mass is 10.1. The summed E-state index contributed by atoms with van der Waals surface area (Å²) in [5.74, 6) is -1.27. The number of carbonyl (C=O) groups is 1. The number of hydrogen-bond acceptors (Lipinski definition) is 9. The lowest BCUT2D eigenvalue weighted by Crippen LogP contribution is -2.49. The summed E-state index contributed by atoms with van der Waals surface area (Å²) in [5.41, 5.74) is -1.14. The standard InChI is InChI=1S/C17H21N3O7S2/c1-17(2,27-5)14(15(21)22)28-16-19-11(25-3)10-13(26-4)20(16)29(23,24)12-8-6-7-9-18-12/h6-10,14H,1-5H3/p+1. The third-order valence-corrected chi connectivity index (χ3v) is 7.20. The van der Waals surface area contributed by atoms with Gasteiger partial charge in [-0.1, -0.05) is 10.0 Å². The number of carboxylic acids is 1. The molecule has 2 heterocycles. The van der Waals surface area contributed by atoms with Gasteiger partial charge in [0.15, 0.2) is 5.03 Å². The molecular formula is C17H22N3O7S2+. The number of hydrogen-bond donors (Lipinski definition) is 1. The highest BCUT2D eigenvalue weighted by molar-refractivity contribution is 8.00. The Hall–Kier alpha value is -2.44. The summed E-state index contributed by atoms with van der Waals surface area (Å²) in [6.07, 6.45) is 1.33. The molecule has 1 atom stereocenters. The quantitative estimate of drug-likeness (QED) is 0.339. The summed E-state index contributed by atoms with van der Waals surface area (Å²) < 4.78 is 42.9. The molecule has 12 heteroatoms. The zero-order valence-electron chi connectivity index (χ0n) is 16.5. The van der Waals surface area contributed by atoms with Crippen molar-refractivity contribution in [3.8, 4) is 11.8 Å². The van der Waals surface area contributed by atoms with Crippen molar-refractivity contribution >= 4 is 27.8 Å². The number of carboxylic acid groups (broad SMARTS) is 1. The first-order valence-corrected chi connectivity index (χ1v) is 10.6. The van der Waals surface area contributed by atoms with Crippen molar-refractivity contribution in [3.05, 3.63) is 30.5 Å². The third-order valence-electron chi connectivity index (χ3n) is 3.99. The molecule has 0 amide bonds. The summed E-state index contributed by atoms with van der Waals surface area (Å²) in [4.78, 5) is 19.9. The first-order valence-electron chi connectivity index (χ1n) is 8.24. The van der Waals surface area contributed by atoms with E-state index in [2.05, 4.69) is 9.97 Å². The zero-order chi connectivity index (χ0) is 21.8. The summed E-state index contributed by atoms with van der Waals surface area (Å²) >= 11 is 0.696. The molecular weight excluding hydrogens is 422 g/mol. The van der Waals surface area contributed by atoms with Crippen molar-refractivity contribution < 1.29 is 36.5 Å². The minimum Gasteiger partial charge on any atom is -0.480 e. The van der Waals surface area contributed by atoms with Crippen LogP contribution < -0.4 is 13.4 Å². The molecule has 0 saturated heterocycles. The van der Waals surface area contributed by atoms with Gasteiger partial charge >= 0.3 is 32.9 Å². The maximum Gasteiger partial charge on any atom is 0.383 e. The van der Waals surface area contributed by atoms with E-state index >= 15 is 0 Å². The molecule has 2 aromatic heterocycles. The monoisotopic (exact) mass is 444 g/mol. The van der Waals surface area contributed by atoms with E-state index in [4.69, 9.17) is 14.2 Å². The highest BCUT2D eigenvalue weighted by atomic mass is 32.2. The third kappa shape index (κ3) is 4.77. The molecule has 29 heavy (non-hydrogen) atoms. The molecule has 2 rings (SSSR count). The fraction of sp³-hybridized carbons (Fsp3) is 0.412. The second-order valence-electron chi connectivity index (χ2n) is 6.20. The number of methoxy groups -OCH3 is 3. The number of nitrogens with zero attached hydrogens (tertiary/aromatic N) is 3. The van der Waals surface area contributed by atoms with Crippen LogP contribution in [-0.2, 0) is 19.6 Å². The average molecular weight is 445 g/mol. The molecule has 10 nitrogen and oxygen atoms in total. The van der Waals surface area contributed by atoms with E-state index in [1.807, 2.05) is 0 Å². The van der Waals surface area contributed by atoms with Gasteiger partial charge in [0.2, 0.25) is 0 Å². The van der Waals surface area contributed by atoms with E-state index in [9.17, 15) is 18.3 Å². The van der Waals surface area contributed by atoms with Gasteiger partial charge in [-0.05, 0) is 37.7 Å². The Balaban J connectivity index is 2.75. The molecule has 0 fully saturated rings. The summed E-state index contributed by atoms with van der Waals surface area (Å²) in [6.45, 7) is 3.15. The molecule has 0 radical (unpaired) electrons. The van der Waals surface area contributed by atoms with Crippen LogP contribution in [0.5, 0.6) is 11.8 Å². The van der Waals surface area contributed by atoms with Crippen LogP contribution in [0.4, 0.5) is 0 Å². The lowest BCUT2D eigenvalue weighted by Gasteiger charge is -2.28. The van der Waals surface area contributed by atoms with Crippen molar-refractivity contribution in [2.75, 3.05) is 21.3 Å². The molecule has 158 valence electrons. The lowest BCUT2D eigenvalue weighted by molar-refractivity contribution is -0.568. The van der Waals surface area contributed by atoms with Crippen LogP contribution in [0.15, 0.2) is 40.6 Å². The smallest absolute Gasteiger partial charge is 0.383 e. The van der Waals surface area contributed by atoms with Crippen LogP contribution in [0.2, 0.25) is 0 Å². The maximum atomic E-state index is 13.3. The molecule has 1 unspecified atom stereocenters. The van der Waals surface area contributed by atoms with Crippen LogP contribution in [0.3, 0.4) is 0 Å². The summed E-state index contributed by atoms with van der Waals surface area (Å²) in [7, 11) is -0.255. The number of rotatable bonds is 9. The van der Waals surface area contributed by atoms with Crippen molar-refractivity contribution in [3.63, 3.8) is 0 Å². The van der Waals surface area contributed by atoms with Gasteiger partial charge in [0.25, 0.3) is 0 Å². The SMILES string of the molecule is COc1cc(OC)[n+](S(=O)(=O)c2ccccn2)c(SC(C(=O)O)C(C)(C)OC)n1. The molecule has 0 spiro atoms. The molecule has 0 aromatic carbocycles. The van der Waals surface area contributed by atoms with Gasteiger partial charge in [0.1, 0.15) is 11.3 Å². The van der Waals surface area contributed by atoms with E-state index in [1.165, 1.54) is 45.7 Å². The van der Waals surface area contributed by atoms with Crippen LogP contribution >= 0.6 is 11.8 Å². The Morgan fingerprint density at radius 2 is 1.93 bits per heavy atom. The van der Waals surface area contributed by atoms with Crippen LogP contribution in [-0.4, -0.2) is 61.6 Å². The van der Waals surface area contributed by atoms with Gasteiger partial charge < -0.3 is 19.3 Å². The van der Waals surface area contributed by atoms with Gasteiger partial charge in [-0.15, -0.1) is 0 Å². The van der Waals surface area contributed by atoms with Crippen molar-refractivity contribution in [2.45, 2.75) is 34.9 Å². The Labute approximate surface area is 172 Å². The molecule has 0 aliphatic rings. The molecule has 0 bridgehead atoms. The Bertz CT molecular complexity index is 982. The normalized spacial score (nSPS) is 13.0. The second kappa shape index (κ2) is 8.93. The number of aromatic nitrogens is 3. The minimum absolute atomic E-state index is 0.0520. The van der Waals surface area contributed by atoms with Gasteiger partial charge in [0, 0.05) is 18.3 Å². The zero-order valence-corrected chi connectivity index (χ0v) is 18.2. The molecule has 2 aromatic rings. The Kier molecular flexibility index (Phi) is 7.03. The highest BCUT2D eigenvalue weighted by Crippen LogP contribution is 2.32. The van der Waals surface area contributed by atoms with Crippen molar-refractivity contribution in [1.82, 2.24) is 9.97 Å². The van der Waals surface area contributed by atoms with Crippen molar-refractivity contribution in [1.29, 1.82) is 0 Å².